The molecule has 1 saturated heterocycles. The summed E-state index contributed by atoms with van der Waals surface area (Å²) in [7, 11) is 0. The lowest BCUT2D eigenvalue weighted by Gasteiger charge is -2.14. The fraction of sp³-hybridized carbons (Fsp3) is 0.462. The lowest BCUT2D eigenvalue weighted by Crippen LogP contribution is -2.35. The van der Waals surface area contributed by atoms with Crippen molar-refractivity contribution >= 4 is 24.0 Å². The number of hydrogen-bond donors (Lipinski definition) is 2. The van der Waals surface area contributed by atoms with Crippen LogP contribution in [-0.4, -0.2) is 18.5 Å². The minimum atomic E-state index is -4.41. The fourth-order valence-electron chi connectivity index (χ4n) is 2.14. The van der Waals surface area contributed by atoms with Crippen LogP contribution in [0.15, 0.2) is 18.2 Å². The number of carbonyl (C=O) groups excluding carboxylic acids is 1. The highest BCUT2D eigenvalue weighted by atomic mass is 35.5. The van der Waals surface area contributed by atoms with Crippen LogP contribution >= 0.6 is 12.4 Å². The summed E-state index contributed by atoms with van der Waals surface area (Å²) in [4.78, 5) is 11.8. The number of rotatable bonds is 2. The second-order valence-electron chi connectivity index (χ2n) is 4.67. The number of nitrogens with one attached hydrogen (secondary N) is 2. The summed E-state index contributed by atoms with van der Waals surface area (Å²) in [6, 6.07) is 3.51. The monoisotopic (exact) mass is 308 g/mol. The quantitative estimate of drug-likeness (QED) is 0.881. The summed E-state index contributed by atoms with van der Waals surface area (Å²) in [6.45, 7) is 2.16. The molecule has 1 atom stereocenters. The number of anilines is 1. The van der Waals surface area contributed by atoms with Gasteiger partial charge in [0.15, 0.2) is 0 Å². The average molecular weight is 309 g/mol. The van der Waals surface area contributed by atoms with E-state index in [0.29, 0.717) is 6.42 Å². The number of amides is 1. The van der Waals surface area contributed by atoms with E-state index in [2.05, 4.69) is 10.6 Å². The van der Waals surface area contributed by atoms with Crippen molar-refractivity contribution in [3.05, 3.63) is 29.3 Å². The van der Waals surface area contributed by atoms with Crippen LogP contribution in [0.3, 0.4) is 0 Å². The first-order chi connectivity index (χ1) is 8.88. The van der Waals surface area contributed by atoms with Gasteiger partial charge in [-0.2, -0.15) is 13.2 Å². The van der Waals surface area contributed by atoms with Crippen LogP contribution in [0.1, 0.15) is 24.0 Å². The van der Waals surface area contributed by atoms with E-state index in [1.54, 1.807) is 0 Å². The van der Waals surface area contributed by atoms with Gasteiger partial charge in [-0.1, -0.05) is 6.07 Å². The number of halogens is 4. The molecule has 2 rings (SSSR count). The molecule has 1 fully saturated rings. The maximum atomic E-state index is 12.7. The molecule has 1 heterocycles. The van der Waals surface area contributed by atoms with Gasteiger partial charge >= 0.3 is 6.18 Å². The van der Waals surface area contributed by atoms with Gasteiger partial charge in [0.05, 0.1) is 11.6 Å². The molecule has 1 aromatic carbocycles. The van der Waals surface area contributed by atoms with Gasteiger partial charge in [0.1, 0.15) is 0 Å². The Morgan fingerprint density at radius 1 is 1.40 bits per heavy atom. The van der Waals surface area contributed by atoms with Crippen molar-refractivity contribution in [3.63, 3.8) is 0 Å². The molecule has 7 heteroatoms. The molecule has 1 aliphatic rings. The van der Waals surface area contributed by atoms with E-state index in [0.717, 1.165) is 19.0 Å². The smallest absolute Gasteiger partial charge is 0.325 e. The number of alkyl halides is 3. The molecular weight excluding hydrogens is 293 g/mol. The summed E-state index contributed by atoms with van der Waals surface area (Å²) in [5, 5.41) is 5.52. The van der Waals surface area contributed by atoms with Gasteiger partial charge in [0.2, 0.25) is 5.91 Å². The SMILES string of the molecule is Cc1ccc(NC(=O)[C@@H]2CCCN2)cc1C(F)(F)F.Cl. The van der Waals surface area contributed by atoms with Crippen molar-refractivity contribution < 1.29 is 18.0 Å². The third-order valence-electron chi connectivity index (χ3n) is 3.19. The van der Waals surface area contributed by atoms with E-state index in [-0.39, 0.29) is 35.6 Å². The minimum absolute atomic E-state index is 0. The molecule has 0 spiro atoms. The second kappa shape index (κ2) is 6.45. The van der Waals surface area contributed by atoms with Gasteiger partial charge in [-0.25, -0.2) is 0 Å². The third kappa shape index (κ3) is 3.86. The molecule has 20 heavy (non-hydrogen) atoms. The Morgan fingerprint density at radius 2 is 2.10 bits per heavy atom. The van der Waals surface area contributed by atoms with Gasteiger partial charge in [0, 0.05) is 5.69 Å². The summed E-state index contributed by atoms with van der Waals surface area (Å²) in [5.41, 5.74) is -0.397. The highest BCUT2D eigenvalue weighted by molar-refractivity contribution is 5.95. The summed E-state index contributed by atoms with van der Waals surface area (Å²) in [5.74, 6) is -0.283. The number of carbonyl (C=O) groups is 1. The molecule has 1 aliphatic heterocycles. The molecule has 112 valence electrons. The van der Waals surface area contributed by atoms with Crippen LogP contribution in [0.4, 0.5) is 18.9 Å². The predicted molar refractivity (Wildman–Crippen MR) is 73.1 cm³/mol. The molecule has 0 bridgehead atoms. The Balaban J connectivity index is 0.00000200. The van der Waals surface area contributed by atoms with E-state index >= 15 is 0 Å². The van der Waals surface area contributed by atoms with Gasteiger partial charge < -0.3 is 10.6 Å². The van der Waals surface area contributed by atoms with Crippen molar-refractivity contribution in [1.29, 1.82) is 0 Å². The molecule has 0 saturated carbocycles. The van der Waals surface area contributed by atoms with Crippen molar-refractivity contribution in [2.75, 3.05) is 11.9 Å². The second-order valence-corrected chi connectivity index (χ2v) is 4.67. The first-order valence-electron chi connectivity index (χ1n) is 6.10. The molecule has 0 radical (unpaired) electrons. The number of benzene rings is 1. The first kappa shape index (κ1) is 16.8. The van der Waals surface area contributed by atoms with Crippen molar-refractivity contribution in [3.8, 4) is 0 Å². The molecule has 3 nitrogen and oxygen atoms in total. The van der Waals surface area contributed by atoms with Crippen LogP contribution in [0.5, 0.6) is 0 Å². The van der Waals surface area contributed by atoms with Crippen LogP contribution in [0.25, 0.3) is 0 Å². The topological polar surface area (TPSA) is 41.1 Å². The summed E-state index contributed by atoms with van der Waals surface area (Å²) < 4.78 is 38.2. The van der Waals surface area contributed by atoms with Crippen molar-refractivity contribution in [1.82, 2.24) is 5.32 Å². The van der Waals surface area contributed by atoms with E-state index in [1.807, 2.05) is 0 Å². The first-order valence-corrected chi connectivity index (χ1v) is 6.10. The highest BCUT2D eigenvalue weighted by Crippen LogP contribution is 2.33. The maximum Gasteiger partial charge on any atom is 0.416 e. The zero-order valence-electron chi connectivity index (χ0n) is 10.9. The maximum absolute atomic E-state index is 12.7. The Morgan fingerprint density at radius 3 is 2.65 bits per heavy atom. The Hall–Kier alpha value is -1.27. The van der Waals surface area contributed by atoms with Gasteiger partial charge in [-0.05, 0) is 44.0 Å². The molecule has 0 aromatic heterocycles. The Labute approximate surface area is 121 Å². The highest BCUT2D eigenvalue weighted by Gasteiger charge is 2.32. The summed E-state index contributed by atoms with van der Waals surface area (Å²) >= 11 is 0. The fourth-order valence-corrected chi connectivity index (χ4v) is 2.14. The molecule has 0 aliphatic carbocycles. The number of aryl methyl sites for hydroxylation is 1. The molecule has 1 amide bonds. The van der Waals surface area contributed by atoms with E-state index in [1.165, 1.54) is 19.1 Å². The summed E-state index contributed by atoms with van der Waals surface area (Å²) in [6.07, 6.45) is -2.79. The van der Waals surface area contributed by atoms with Crippen molar-refractivity contribution in [2.24, 2.45) is 0 Å². The zero-order valence-corrected chi connectivity index (χ0v) is 11.7. The zero-order chi connectivity index (χ0) is 14.0. The molecular formula is C13H16ClF3N2O. The van der Waals surface area contributed by atoms with Crippen LogP contribution in [-0.2, 0) is 11.0 Å². The lowest BCUT2D eigenvalue weighted by atomic mass is 10.1. The third-order valence-corrected chi connectivity index (χ3v) is 3.19. The van der Waals surface area contributed by atoms with E-state index < -0.39 is 11.7 Å². The largest absolute Gasteiger partial charge is 0.416 e. The van der Waals surface area contributed by atoms with Crippen LogP contribution in [0.2, 0.25) is 0 Å². The standard InChI is InChI=1S/C13H15F3N2O.ClH/c1-8-4-5-9(7-10(8)13(14,15)16)18-12(19)11-3-2-6-17-11;/h4-5,7,11,17H,2-3,6H2,1H3,(H,18,19);1H/t11-;/m0./s1. The van der Waals surface area contributed by atoms with Gasteiger partial charge in [-0.3, -0.25) is 4.79 Å². The normalized spacial score (nSPS) is 18.5. The van der Waals surface area contributed by atoms with Gasteiger partial charge in [0.25, 0.3) is 0 Å². The average Bonchev–Trinajstić information content (AvgIpc) is 2.83. The molecule has 0 unspecified atom stereocenters. The predicted octanol–water partition coefficient (Wildman–Crippen LogP) is 3.13. The number of hydrogen-bond acceptors (Lipinski definition) is 2. The van der Waals surface area contributed by atoms with E-state index in [9.17, 15) is 18.0 Å². The lowest BCUT2D eigenvalue weighted by molar-refractivity contribution is -0.138. The molecule has 1 aromatic rings. The molecule has 2 N–H and O–H groups in total. The Bertz CT molecular complexity index is 485. The Kier molecular flexibility index (Phi) is 5.42. The van der Waals surface area contributed by atoms with Gasteiger partial charge in [-0.15, -0.1) is 12.4 Å². The van der Waals surface area contributed by atoms with Crippen LogP contribution in [0, 0.1) is 6.92 Å². The van der Waals surface area contributed by atoms with Crippen molar-refractivity contribution in [2.45, 2.75) is 32.0 Å². The minimum Gasteiger partial charge on any atom is -0.325 e. The van der Waals surface area contributed by atoms with Crippen LogP contribution < -0.4 is 10.6 Å². The van der Waals surface area contributed by atoms with E-state index in [4.69, 9.17) is 0 Å².